The number of aromatic nitrogens is 2. The van der Waals surface area contributed by atoms with E-state index in [-0.39, 0.29) is 12.4 Å². The van der Waals surface area contributed by atoms with Crippen molar-refractivity contribution >= 4 is 11.7 Å². The number of rotatable bonds is 5. The number of nitrogens with one attached hydrogen (secondary N) is 2. The van der Waals surface area contributed by atoms with Crippen molar-refractivity contribution in [1.29, 1.82) is 0 Å². The summed E-state index contributed by atoms with van der Waals surface area (Å²) in [7, 11) is 0. The maximum Gasteiger partial charge on any atom is 0.263 e. The van der Waals surface area contributed by atoms with Crippen LogP contribution < -0.4 is 10.1 Å². The number of halogens is 1. The third kappa shape index (κ3) is 3.54. The highest BCUT2D eigenvalue weighted by Gasteiger charge is 2.08. The highest BCUT2D eigenvalue weighted by molar-refractivity contribution is 5.90. The minimum atomic E-state index is -0.497. The number of carbonyl (C=O) groups is 1. The van der Waals surface area contributed by atoms with Crippen molar-refractivity contribution in [3.8, 4) is 5.75 Å². The van der Waals surface area contributed by atoms with E-state index < -0.39 is 11.7 Å². The Balaban J connectivity index is 1.86. The number of aromatic amines is 1. The van der Waals surface area contributed by atoms with Gasteiger partial charge in [0.05, 0.1) is 0 Å². The van der Waals surface area contributed by atoms with Crippen LogP contribution in [0.15, 0.2) is 30.3 Å². The fourth-order valence-electron chi connectivity index (χ4n) is 1.49. The Hall–Kier alpha value is -2.37. The van der Waals surface area contributed by atoms with E-state index in [0.717, 1.165) is 12.1 Å². The van der Waals surface area contributed by atoms with E-state index in [1.54, 1.807) is 18.2 Å². The molecule has 0 aliphatic rings. The first kappa shape index (κ1) is 13.1. The lowest BCUT2D eigenvalue weighted by Crippen LogP contribution is -2.20. The van der Waals surface area contributed by atoms with Crippen molar-refractivity contribution in [3.63, 3.8) is 0 Å². The summed E-state index contributed by atoms with van der Waals surface area (Å²) in [5.41, 5.74) is 0.922. The maximum absolute atomic E-state index is 13.2. The van der Waals surface area contributed by atoms with Crippen LogP contribution in [0.4, 0.5) is 10.2 Å². The second kappa shape index (κ2) is 5.99. The highest BCUT2D eigenvalue weighted by atomic mass is 19.1. The topological polar surface area (TPSA) is 67.0 Å². The minimum absolute atomic E-state index is 0.0499. The highest BCUT2D eigenvalue weighted by Crippen LogP contribution is 2.15. The van der Waals surface area contributed by atoms with Crippen molar-refractivity contribution in [2.24, 2.45) is 0 Å². The summed E-state index contributed by atoms with van der Waals surface area (Å²) in [5, 5.41) is 9.25. The van der Waals surface area contributed by atoms with Crippen molar-refractivity contribution in [2.75, 3.05) is 11.9 Å². The molecule has 6 heteroatoms. The summed E-state index contributed by atoms with van der Waals surface area (Å²) < 4.78 is 18.3. The Bertz CT molecular complexity index is 569. The van der Waals surface area contributed by atoms with Gasteiger partial charge in [0.1, 0.15) is 0 Å². The Morgan fingerprint density at radius 2 is 2.26 bits per heavy atom. The third-order valence-corrected chi connectivity index (χ3v) is 2.47. The lowest BCUT2D eigenvalue weighted by atomic mass is 10.3. The number of amides is 1. The summed E-state index contributed by atoms with van der Waals surface area (Å²) in [6.45, 7) is 1.70. The van der Waals surface area contributed by atoms with Crippen molar-refractivity contribution in [3.05, 3.63) is 41.8 Å². The molecule has 2 rings (SSSR count). The maximum atomic E-state index is 13.2. The molecule has 1 heterocycles. The molecule has 0 aliphatic heterocycles. The molecule has 1 amide bonds. The Morgan fingerprint density at radius 1 is 1.47 bits per heavy atom. The van der Waals surface area contributed by atoms with E-state index in [1.165, 1.54) is 12.1 Å². The zero-order chi connectivity index (χ0) is 13.7. The van der Waals surface area contributed by atoms with Gasteiger partial charge in [0.25, 0.3) is 5.91 Å². The summed E-state index contributed by atoms with van der Waals surface area (Å²) in [6, 6.07) is 7.66. The number of benzene rings is 1. The second-order valence-electron chi connectivity index (χ2n) is 3.90. The Labute approximate surface area is 109 Å². The van der Waals surface area contributed by atoms with Gasteiger partial charge in [-0.1, -0.05) is 19.1 Å². The van der Waals surface area contributed by atoms with Gasteiger partial charge in [-0.15, -0.1) is 0 Å². The molecule has 2 N–H and O–H groups in total. The number of H-pyrrole nitrogens is 1. The molecule has 5 nitrogen and oxygen atoms in total. The molecular weight excluding hydrogens is 249 g/mol. The molecule has 1 aromatic carbocycles. The second-order valence-corrected chi connectivity index (χ2v) is 3.90. The summed E-state index contributed by atoms with van der Waals surface area (Å²) in [5.74, 6) is -0.409. The van der Waals surface area contributed by atoms with Gasteiger partial charge < -0.3 is 10.1 Å². The fourth-order valence-corrected chi connectivity index (χ4v) is 1.49. The Kier molecular flexibility index (Phi) is 4.12. The first-order valence-electron chi connectivity index (χ1n) is 5.90. The molecule has 0 spiro atoms. The van der Waals surface area contributed by atoms with Crippen LogP contribution in [0.1, 0.15) is 12.6 Å². The Morgan fingerprint density at radius 3 is 2.95 bits per heavy atom. The number of anilines is 1. The summed E-state index contributed by atoms with van der Waals surface area (Å²) in [6.07, 6.45) is 0.800. The molecule has 0 saturated carbocycles. The fraction of sp³-hybridized carbons (Fsp3) is 0.231. The van der Waals surface area contributed by atoms with Gasteiger partial charge in [0.15, 0.2) is 24.0 Å². The van der Waals surface area contributed by atoms with Gasteiger partial charge >= 0.3 is 0 Å². The van der Waals surface area contributed by atoms with E-state index in [9.17, 15) is 9.18 Å². The van der Waals surface area contributed by atoms with Crippen molar-refractivity contribution in [2.45, 2.75) is 13.3 Å². The van der Waals surface area contributed by atoms with Gasteiger partial charge in [0, 0.05) is 11.8 Å². The molecule has 0 radical (unpaired) electrons. The van der Waals surface area contributed by atoms with Crippen LogP contribution in [0.25, 0.3) is 0 Å². The smallest absolute Gasteiger partial charge is 0.263 e. The van der Waals surface area contributed by atoms with Crippen LogP contribution in [-0.2, 0) is 11.2 Å². The van der Waals surface area contributed by atoms with E-state index in [4.69, 9.17) is 4.74 Å². The van der Waals surface area contributed by atoms with Gasteiger partial charge in [-0.05, 0) is 18.6 Å². The molecule has 19 heavy (non-hydrogen) atoms. The van der Waals surface area contributed by atoms with E-state index in [1.807, 2.05) is 6.92 Å². The summed E-state index contributed by atoms with van der Waals surface area (Å²) in [4.78, 5) is 11.6. The first-order valence-corrected chi connectivity index (χ1v) is 5.90. The van der Waals surface area contributed by atoms with Gasteiger partial charge in [-0.2, -0.15) is 5.10 Å². The number of aryl methyl sites for hydroxylation is 1. The zero-order valence-electron chi connectivity index (χ0n) is 10.4. The molecule has 0 fully saturated rings. The van der Waals surface area contributed by atoms with Gasteiger partial charge in [-0.25, -0.2) is 4.39 Å². The number of carbonyl (C=O) groups excluding carboxylic acids is 1. The van der Waals surface area contributed by atoms with Crippen LogP contribution in [0.5, 0.6) is 5.75 Å². The van der Waals surface area contributed by atoms with Gasteiger partial charge in [-0.3, -0.25) is 9.89 Å². The molecular formula is C13H14FN3O2. The van der Waals surface area contributed by atoms with Crippen LogP contribution in [0, 0.1) is 5.82 Å². The minimum Gasteiger partial charge on any atom is -0.481 e. The predicted octanol–water partition coefficient (Wildman–Crippen LogP) is 2.13. The van der Waals surface area contributed by atoms with E-state index in [2.05, 4.69) is 15.5 Å². The predicted molar refractivity (Wildman–Crippen MR) is 68.5 cm³/mol. The molecule has 0 bridgehead atoms. The molecule has 0 saturated heterocycles. The normalized spacial score (nSPS) is 10.2. The van der Waals surface area contributed by atoms with Gasteiger partial charge in [0.2, 0.25) is 0 Å². The lowest BCUT2D eigenvalue weighted by Gasteiger charge is -2.06. The van der Waals surface area contributed by atoms with Crippen LogP contribution >= 0.6 is 0 Å². The molecule has 0 unspecified atom stereocenters. The monoisotopic (exact) mass is 263 g/mol. The average Bonchev–Trinajstić information content (AvgIpc) is 2.85. The number of ether oxygens (including phenoxy) is 1. The SMILES string of the molecule is CCc1cc(NC(=O)COc2ccccc2F)n[nH]1. The molecule has 1 aromatic heterocycles. The zero-order valence-corrected chi connectivity index (χ0v) is 10.4. The quantitative estimate of drug-likeness (QED) is 0.868. The van der Waals surface area contributed by atoms with Crippen LogP contribution in [0.2, 0.25) is 0 Å². The summed E-state index contributed by atoms with van der Waals surface area (Å²) >= 11 is 0. The number of nitrogens with zero attached hydrogens (tertiary/aromatic N) is 1. The van der Waals surface area contributed by atoms with Crippen LogP contribution in [0.3, 0.4) is 0 Å². The van der Waals surface area contributed by atoms with Crippen molar-refractivity contribution in [1.82, 2.24) is 10.2 Å². The number of hydrogen-bond donors (Lipinski definition) is 2. The number of para-hydroxylation sites is 1. The standard InChI is InChI=1S/C13H14FN3O2/c1-2-9-7-12(17-16-9)15-13(18)8-19-11-6-4-3-5-10(11)14/h3-7H,2,8H2,1H3,(H2,15,16,17,18). The molecule has 2 aromatic rings. The largest absolute Gasteiger partial charge is 0.481 e. The molecule has 100 valence electrons. The average molecular weight is 263 g/mol. The molecule has 0 atom stereocenters. The van der Waals surface area contributed by atoms with Crippen LogP contribution in [-0.4, -0.2) is 22.7 Å². The van der Waals surface area contributed by atoms with E-state index >= 15 is 0 Å². The molecule has 0 aliphatic carbocycles. The number of hydrogen-bond acceptors (Lipinski definition) is 3. The van der Waals surface area contributed by atoms with Crippen molar-refractivity contribution < 1.29 is 13.9 Å². The van der Waals surface area contributed by atoms with E-state index in [0.29, 0.717) is 5.82 Å². The lowest BCUT2D eigenvalue weighted by molar-refractivity contribution is -0.118. The first-order chi connectivity index (χ1) is 9.19. The third-order valence-electron chi connectivity index (χ3n) is 2.47.